The van der Waals surface area contributed by atoms with Gasteiger partial charge in [0.15, 0.2) is 5.54 Å². The smallest absolute Gasteiger partial charge is 0.329 e. The van der Waals surface area contributed by atoms with Gasteiger partial charge in [-0.3, -0.25) is 10.2 Å². The lowest BCUT2D eigenvalue weighted by atomic mass is 9.88. The van der Waals surface area contributed by atoms with Gasteiger partial charge < -0.3 is 5.11 Å². The van der Waals surface area contributed by atoms with Gasteiger partial charge in [-0.25, -0.2) is 4.79 Å². The molecule has 0 bridgehead atoms. The molecule has 4 nitrogen and oxygen atoms in total. The van der Waals surface area contributed by atoms with Crippen molar-refractivity contribution < 1.29 is 9.90 Å². The number of aliphatic carboxylic acids is 1. The van der Waals surface area contributed by atoms with Gasteiger partial charge in [-0.15, -0.1) is 0 Å². The van der Waals surface area contributed by atoms with Gasteiger partial charge in [0.1, 0.15) is 0 Å². The minimum atomic E-state index is -1.06. The van der Waals surface area contributed by atoms with Crippen molar-refractivity contribution in [1.29, 1.82) is 0 Å². The van der Waals surface area contributed by atoms with Crippen molar-refractivity contribution in [3.63, 3.8) is 0 Å². The summed E-state index contributed by atoms with van der Waals surface area (Å²) >= 11 is 0. The maximum Gasteiger partial charge on any atom is 0.329 e. The number of carboxylic acid groups (broad SMARTS) is 1. The summed E-state index contributed by atoms with van der Waals surface area (Å²) < 4.78 is 0. The summed E-state index contributed by atoms with van der Waals surface area (Å²) in [6, 6.07) is 9.74. The van der Waals surface area contributed by atoms with Crippen LogP contribution >= 0.6 is 0 Å². The van der Waals surface area contributed by atoms with Crippen molar-refractivity contribution in [2.75, 3.05) is 19.6 Å². The van der Waals surface area contributed by atoms with E-state index >= 15 is 0 Å². The van der Waals surface area contributed by atoms with Gasteiger partial charge in [-0.05, 0) is 32.5 Å². The molecule has 1 aromatic carbocycles. The lowest BCUT2D eigenvalue weighted by molar-refractivity contribution is -0.146. The topological polar surface area (TPSA) is 52.6 Å². The molecule has 1 atom stereocenters. The largest absolute Gasteiger partial charge is 0.480 e. The quantitative estimate of drug-likeness (QED) is 0.766. The second-order valence-corrected chi connectivity index (χ2v) is 5.26. The predicted octanol–water partition coefficient (Wildman–Crippen LogP) is 2.31. The number of carboxylic acids is 1. The van der Waals surface area contributed by atoms with E-state index in [1.807, 2.05) is 37.3 Å². The molecule has 1 rings (SSSR count). The zero-order valence-electron chi connectivity index (χ0n) is 12.9. The molecule has 0 amide bonds. The fourth-order valence-electron chi connectivity index (χ4n) is 2.50. The van der Waals surface area contributed by atoms with Gasteiger partial charge in [0, 0.05) is 12.6 Å². The van der Waals surface area contributed by atoms with Crippen LogP contribution in [0.3, 0.4) is 0 Å². The van der Waals surface area contributed by atoms with Crippen LogP contribution in [0.1, 0.15) is 33.3 Å². The first-order chi connectivity index (χ1) is 9.47. The zero-order valence-corrected chi connectivity index (χ0v) is 12.9. The van der Waals surface area contributed by atoms with Gasteiger partial charge in [0.25, 0.3) is 0 Å². The van der Waals surface area contributed by atoms with E-state index in [9.17, 15) is 9.90 Å². The number of nitrogens with one attached hydrogen (secondary N) is 1. The molecular weight excluding hydrogens is 252 g/mol. The lowest BCUT2D eigenvalue weighted by Crippen LogP contribution is -2.57. The third-order valence-corrected chi connectivity index (χ3v) is 3.69. The molecule has 0 aliphatic heterocycles. The Morgan fingerprint density at radius 3 is 2.30 bits per heavy atom. The van der Waals surface area contributed by atoms with Crippen LogP contribution in [0.4, 0.5) is 0 Å². The monoisotopic (exact) mass is 278 g/mol. The van der Waals surface area contributed by atoms with Crippen LogP contribution in [0.25, 0.3) is 0 Å². The highest BCUT2D eigenvalue weighted by Gasteiger charge is 2.41. The van der Waals surface area contributed by atoms with Crippen molar-refractivity contribution in [3.05, 3.63) is 35.9 Å². The Morgan fingerprint density at radius 2 is 1.90 bits per heavy atom. The molecule has 0 radical (unpaired) electrons. The Morgan fingerprint density at radius 1 is 1.30 bits per heavy atom. The molecule has 20 heavy (non-hydrogen) atoms. The fraction of sp³-hybridized carbons (Fsp3) is 0.562. The minimum Gasteiger partial charge on any atom is -0.480 e. The third kappa shape index (κ3) is 3.58. The van der Waals surface area contributed by atoms with Crippen molar-refractivity contribution >= 4 is 5.97 Å². The van der Waals surface area contributed by atoms with E-state index in [1.54, 1.807) is 0 Å². The first kappa shape index (κ1) is 16.7. The van der Waals surface area contributed by atoms with Crippen molar-refractivity contribution in [3.8, 4) is 0 Å². The molecule has 0 spiro atoms. The summed E-state index contributed by atoms with van der Waals surface area (Å²) in [5.74, 6) is -0.829. The average molecular weight is 278 g/mol. The molecule has 0 saturated carbocycles. The highest BCUT2D eigenvalue weighted by atomic mass is 16.4. The summed E-state index contributed by atoms with van der Waals surface area (Å²) in [7, 11) is 0. The second-order valence-electron chi connectivity index (χ2n) is 5.26. The molecule has 0 aliphatic carbocycles. The Bertz CT molecular complexity index is 420. The summed E-state index contributed by atoms with van der Waals surface area (Å²) in [6.45, 7) is 10.1. The standard InChI is InChI=1S/C16H26N2O2/c1-5-17-16(15(19)20,12-18(6-2)13(3)4)14-10-8-7-9-11-14/h7-11,13,17H,5-6,12H2,1-4H3,(H,19,20). The van der Waals surface area contributed by atoms with E-state index < -0.39 is 11.5 Å². The molecule has 1 unspecified atom stereocenters. The van der Waals surface area contributed by atoms with Gasteiger partial charge in [0.05, 0.1) is 0 Å². The van der Waals surface area contributed by atoms with Crippen LogP contribution in [0.2, 0.25) is 0 Å². The highest BCUT2D eigenvalue weighted by molar-refractivity contribution is 5.81. The predicted molar refractivity (Wildman–Crippen MR) is 81.8 cm³/mol. The van der Waals surface area contributed by atoms with Gasteiger partial charge in [-0.2, -0.15) is 0 Å². The molecule has 4 heteroatoms. The minimum absolute atomic E-state index is 0.307. The fourth-order valence-corrected chi connectivity index (χ4v) is 2.50. The molecule has 0 aromatic heterocycles. The molecule has 0 aliphatic rings. The highest BCUT2D eigenvalue weighted by Crippen LogP contribution is 2.24. The van der Waals surface area contributed by atoms with Crippen LogP contribution in [0.15, 0.2) is 30.3 Å². The normalized spacial score (nSPS) is 14.5. The van der Waals surface area contributed by atoms with Crippen molar-refractivity contribution in [2.24, 2.45) is 0 Å². The van der Waals surface area contributed by atoms with Gasteiger partial charge >= 0.3 is 5.97 Å². The molecule has 1 aromatic rings. The van der Waals surface area contributed by atoms with E-state index in [2.05, 4.69) is 31.0 Å². The Labute approximate surface area is 121 Å². The number of hydrogen-bond donors (Lipinski definition) is 2. The van der Waals surface area contributed by atoms with E-state index in [0.29, 0.717) is 19.1 Å². The summed E-state index contributed by atoms with van der Waals surface area (Å²) in [5, 5.41) is 13.0. The average Bonchev–Trinajstić information content (AvgIpc) is 2.43. The van der Waals surface area contributed by atoms with E-state index in [-0.39, 0.29) is 0 Å². The lowest BCUT2D eigenvalue weighted by Gasteiger charge is -2.37. The van der Waals surface area contributed by atoms with E-state index in [0.717, 1.165) is 12.1 Å². The molecular formula is C16H26N2O2. The van der Waals surface area contributed by atoms with Gasteiger partial charge in [0.2, 0.25) is 0 Å². The van der Waals surface area contributed by atoms with Crippen LogP contribution in [0, 0.1) is 0 Å². The SMILES string of the molecule is CCNC(CN(CC)C(C)C)(C(=O)O)c1ccccc1. The first-order valence-corrected chi connectivity index (χ1v) is 7.26. The van der Waals surface area contributed by atoms with Crippen LogP contribution in [-0.4, -0.2) is 41.7 Å². The Hall–Kier alpha value is -1.39. The number of rotatable bonds is 8. The number of hydrogen-bond acceptors (Lipinski definition) is 3. The number of benzene rings is 1. The second kappa shape index (κ2) is 7.41. The third-order valence-electron chi connectivity index (χ3n) is 3.69. The Balaban J connectivity index is 3.22. The molecule has 0 saturated heterocycles. The van der Waals surface area contributed by atoms with Crippen LogP contribution in [0.5, 0.6) is 0 Å². The number of likely N-dealkylation sites (N-methyl/N-ethyl adjacent to an activating group) is 2. The summed E-state index contributed by atoms with van der Waals surface area (Å²) in [4.78, 5) is 14.2. The molecule has 0 fully saturated rings. The number of nitrogens with zero attached hydrogens (tertiary/aromatic N) is 1. The van der Waals surface area contributed by atoms with Crippen molar-refractivity contribution in [2.45, 2.75) is 39.3 Å². The summed E-state index contributed by atoms with van der Waals surface area (Å²) in [5.41, 5.74) is -0.260. The van der Waals surface area contributed by atoms with Crippen LogP contribution < -0.4 is 5.32 Å². The first-order valence-electron chi connectivity index (χ1n) is 7.26. The van der Waals surface area contributed by atoms with E-state index in [1.165, 1.54) is 0 Å². The van der Waals surface area contributed by atoms with Crippen molar-refractivity contribution in [1.82, 2.24) is 10.2 Å². The maximum atomic E-state index is 12.0. The molecule has 0 heterocycles. The molecule has 2 N–H and O–H groups in total. The Kier molecular flexibility index (Phi) is 6.17. The summed E-state index contributed by atoms with van der Waals surface area (Å²) in [6.07, 6.45) is 0. The van der Waals surface area contributed by atoms with E-state index in [4.69, 9.17) is 0 Å². The van der Waals surface area contributed by atoms with Crippen LogP contribution in [-0.2, 0) is 10.3 Å². The molecule has 112 valence electrons. The maximum absolute atomic E-state index is 12.0. The zero-order chi connectivity index (χ0) is 15.2. The van der Waals surface area contributed by atoms with Gasteiger partial charge in [-0.1, -0.05) is 44.2 Å². The number of carbonyl (C=O) groups is 1.